The van der Waals surface area contributed by atoms with Gasteiger partial charge in [-0.25, -0.2) is 0 Å². The minimum atomic E-state index is 0.657. The molecule has 4 heteroatoms. The number of rotatable bonds is 5. The number of hydrogen-bond donors (Lipinski definition) is 2. The number of aromatic nitrogens is 2. The quantitative estimate of drug-likeness (QED) is 0.857. The molecular formula is C17H25N3S. The van der Waals surface area contributed by atoms with Crippen LogP contribution in [0.5, 0.6) is 0 Å². The van der Waals surface area contributed by atoms with Gasteiger partial charge in [-0.15, -0.1) is 11.3 Å². The van der Waals surface area contributed by atoms with E-state index in [0.29, 0.717) is 6.04 Å². The number of nitrogens with one attached hydrogen (secondary N) is 2. The fourth-order valence-corrected chi connectivity index (χ4v) is 4.29. The fraction of sp³-hybridized carbons (Fsp3) is 0.588. The Morgan fingerprint density at radius 2 is 2.24 bits per heavy atom. The van der Waals surface area contributed by atoms with Gasteiger partial charge in [0.05, 0.1) is 16.8 Å². The molecule has 0 amide bonds. The van der Waals surface area contributed by atoms with Crippen LogP contribution in [0.1, 0.15) is 45.1 Å². The summed E-state index contributed by atoms with van der Waals surface area (Å²) in [6, 6.07) is 4.90. The average Bonchev–Trinajstić information content (AvgIpc) is 3.16. The maximum Gasteiger partial charge on any atom is 0.0794 e. The number of hydrogen-bond acceptors (Lipinski definition) is 3. The maximum absolute atomic E-state index is 4.24. The first-order valence-electron chi connectivity index (χ1n) is 8.05. The molecule has 1 aliphatic rings. The molecule has 0 aromatic carbocycles. The second kappa shape index (κ2) is 6.75. The molecule has 0 radical (unpaired) electrons. The van der Waals surface area contributed by atoms with Crippen molar-refractivity contribution in [1.29, 1.82) is 0 Å². The average molecular weight is 303 g/mol. The normalized spacial score (nSPS) is 22.8. The van der Waals surface area contributed by atoms with Gasteiger partial charge in [-0.05, 0) is 36.1 Å². The van der Waals surface area contributed by atoms with Gasteiger partial charge in [0.25, 0.3) is 0 Å². The highest BCUT2D eigenvalue weighted by atomic mass is 32.1. The lowest BCUT2D eigenvalue weighted by molar-refractivity contribution is 0.205. The van der Waals surface area contributed by atoms with E-state index >= 15 is 0 Å². The van der Waals surface area contributed by atoms with E-state index in [9.17, 15) is 0 Å². The molecule has 1 saturated carbocycles. The van der Waals surface area contributed by atoms with Crippen molar-refractivity contribution in [3.8, 4) is 10.6 Å². The van der Waals surface area contributed by atoms with Crippen LogP contribution in [0.4, 0.5) is 0 Å². The molecule has 3 nitrogen and oxygen atoms in total. The van der Waals surface area contributed by atoms with Gasteiger partial charge in [-0.3, -0.25) is 5.10 Å². The van der Waals surface area contributed by atoms with Gasteiger partial charge in [0.15, 0.2) is 0 Å². The Morgan fingerprint density at radius 3 is 3.00 bits per heavy atom. The Hall–Kier alpha value is -1.13. The summed E-state index contributed by atoms with van der Waals surface area (Å²) in [6.45, 7) is 5.64. The third-order valence-corrected chi connectivity index (χ3v) is 5.60. The van der Waals surface area contributed by atoms with Crippen LogP contribution in [0.25, 0.3) is 10.6 Å². The molecule has 1 fully saturated rings. The van der Waals surface area contributed by atoms with E-state index in [4.69, 9.17) is 0 Å². The van der Waals surface area contributed by atoms with E-state index in [2.05, 4.69) is 46.9 Å². The number of thiophene rings is 1. The molecule has 0 aliphatic heterocycles. The minimum Gasteiger partial charge on any atom is -0.309 e. The lowest BCUT2D eigenvalue weighted by Crippen LogP contribution is -2.40. The van der Waals surface area contributed by atoms with Gasteiger partial charge < -0.3 is 5.32 Å². The molecule has 0 spiro atoms. The van der Waals surface area contributed by atoms with Crippen LogP contribution in [0.3, 0.4) is 0 Å². The highest BCUT2D eigenvalue weighted by Gasteiger charge is 2.27. The van der Waals surface area contributed by atoms with E-state index < -0.39 is 0 Å². The topological polar surface area (TPSA) is 40.7 Å². The molecule has 21 heavy (non-hydrogen) atoms. The Morgan fingerprint density at radius 1 is 1.38 bits per heavy atom. The Labute approximate surface area is 131 Å². The van der Waals surface area contributed by atoms with Gasteiger partial charge in [-0.2, -0.15) is 5.10 Å². The number of H-pyrrole nitrogens is 1. The van der Waals surface area contributed by atoms with E-state index in [0.717, 1.165) is 18.4 Å². The van der Waals surface area contributed by atoms with Gasteiger partial charge in [0.2, 0.25) is 0 Å². The standard InChI is InChI=1S/C17H25N3S/c1-12(2)14-6-3-4-7-15(14)18-10-13-11-19-20-17(13)16-8-5-9-21-16/h5,8-9,11-12,14-15,18H,3-4,6-7,10H2,1-2H3,(H,19,20). The van der Waals surface area contributed by atoms with Crippen LogP contribution in [-0.2, 0) is 6.54 Å². The number of nitrogens with zero attached hydrogens (tertiary/aromatic N) is 1. The van der Waals surface area contributed by atoms with Crippen molar-refractivity contribution >= 4 is 11.3 Å². The van der Waals surface area contributed by atoms with Crippen LogP contribution in [-0.4, -0.2) is 16.2 Å². The zero-order valence-corrected chi connectivity index (χ0v) is 13.7. The third-order valence-electron chi connectivity index (χ3n) is 4.72. The summed E-state index contributed by atoms with van der Waals surface area (Å²) in [6.07, 6.45) is 7.42. The summed E-state index contributed by atoms with van der Waals surface area (Å²) < 4.78 is 0. The van der Waals surface area contributed by atoms with E-state index in [-0.39, 0.29) is 0 Å². The fourth-order valence-electron chi connectivity index (χ4n) is 3.53. The second-order valence-electron chi connectivity index (χ2n) is 6.43. The van der Waals surface area contributed by atoms with Crippen LogP contribution >= 0.6 is 11.3 Å². The molecule has 114 valence electrons. The van der Waals surface area contributed by atoms with Crippen molar-refractivity contribution in [3.63, 3.8) is 0 Å². The third kappa shape index (κ3) is 3.38. The zero-order valence-electron chi connectivity index (χ0n) is 12.9. The second-order valence-corrected chi connectivity index (χ2v) is 7.37. The van der Waals surface area contributed by atoms with Gasteiger partial charge in [0.1, 0.15) is 0 Å². The summed E-state index contributed by atoms with van der Waals surface area (Å²) in [7, 11) is 0. The summed E-state index contributed by atoms with van der Waals surface area (Å²) in [5.41, 5.74) is 2.46. The molecule has 0 bridgehead atoms. The van der Waals surface area contributed by atoms with Gasteiger partial charge >= 0.3 is 0 Å². The molecule has 2 heterocycles. The summed E-state index contributed by atoms with van der Waals surface area (Å²) >= 11 is 1.76. The van der Waals surface area contributed by atoms with Gasteiger partial charge in [0, 0.05) is 18.2 Å². The molecule has 2 N–H and O–H groups in total. The molecule has 0 saturated heterocycles. The lowest BCUT2D eigenvalue weighted by Gasteiger charge is -2.35. The van der Waals surface area contributed by atoms with Gasteiger partial charge in [-0.1, -0.05) is 32.8 Å². The maximum atomic E-state index is 4.24. The van der Waals surface area contributed by atoms with Crippen LogP contribution in [0, 0.1) is 11.8 Å². The first-order valence-corrected chi connectivity index (χ1v) is 8.93. The zero-order chi connectivity index (χ0) is 14.7. The molecule has 2 atom stereocenters. The Balaban J connectivity index is 1.66. The Bertz CT molecular complexity index is 544. The minimum absolute atomic E-state index is 0.657. The predicted octanol–water partition coefficient (Wildman–Crippen LogP) is 4.44. The predicted molar refractivity (Wildman–Crippen MR) is 89.3 cm³/mol. The smallest absolute Gasteiger partial charge is 0.0794 e. The molecule has 1 aliphatic carbocycles. The van der Waals surface area contributed by atoms with Crippen molar-refractivity contribution in [3.05, 3.63) is 29.3 Å². The summed E-state index contributed by atoms with van der Waals surface area (Å²) in [5, 5.41) is 13.3. The Kier molecular flexibility index (Phi) is 4.76. The van der Waals surface area contributed by atoms with E-state index in [1.807, 2.05) is 6.20 Å². The van der Waals surface area contributed by atoms with Crippen molar-refractivity contribution < 1.29 is 0 Å². The monoisotopic (exact) mass is 303 g/mol. The highest BCUT2D eigenvalue weighted by Crippen LogP contribution is 2.31. The number of aromatic amines is 1. The molecule has 3 rings (SSSR count). The first kappa shape index (κ1) is 14.8. The molecule has 2 unspecified atom stereocenters. The van der Waals surface area contributed by atoms with Crippen molar-refractivity contribution in [2.75, 3.05) is 0 Å². The lowest BCUT2D eigenvalue weighted by atomic mass is 9.78. The summed E-state index contributed by atoms with van der Waals surface area (Å²) in [5.74, 6) is 1.58. The molecule has 2 aromatic rings. The van der Waals surface area contributed by atoms with Crippen LogP contribution in [0.15, 0.2) is 23.7 Å². The highest BCUT2D eigenvalue weighted by molar-refractivity contribution is 7.13. The van der Waals surface area contributed by atoms with E-state index in [1.165, 1.54) is 41.8 Å². The molecular weight excluding hydrogens is 278 g/mol. The van der Waals surface area contributed by atoms with Crippen molar-refractivity contribution in [2.45, 2.75) is 52.1 Å². The van der Waals surface area contributed by atoms with Crippen LogP contribution < -0.4 is 5.32 Å². The first-order chi connectivity index (χ1) is 10.3. The van der Waals surface area contributed by atoms with Crippen molar-refractivity contribution in [2.24, 2.45) is 11.8 Å². The SMILES string of the molecule is CC(C)C1CCCCC1NCc1cn[nH]c1-c1cccs1. The van der Waals surface area contributed by atoms with E-state index in [1.54, 1.807) is 11.3 Å². The molecule has 2 aromatic heterocycles. The summed E-state index contributed by atoms with van der Waals surface area (Å²) in [4.78, 5) is 1.27. The van der Waals surface area contributed by atoms with Crippen LogP contribution in [0.2, 0.25) is 0 Å². The largest absolute Gasteiger partial charge is 0.309 e. The van der Waals surface area contributed by atoms with Crippen molar-refractivity contribution in [1.82, 2.24) is 15.5 Å².